The normalized spacial score (nSPS) is 10.6. The highest BCUT2D eigenvalue weighted by molar-refractivity contribution is 6.03. The van der Waals surface area contributed by atoms with Gasteiger partial charge in [-0.05, 0) is 30.2 Å². The Kier molecular flexibility index (Phi) is 3.41. The number of para-hydroxylation sites is 1. The number of nitrogens with zero attached hydrogens (tertiary/aromatic N) is 2. The molecule has 0 fully saturated rings. The number of rotatable bonds is 4. The van der Waals surface area contributed by atoms with E-state index in [0.29, 0.717) is 17.8 Å². The van der Waals surface area contributed by atoms with E-state index in [-0.39, 0.29) is 5.91 Å². The van der Waals surface area contributed by atoms with Gasteiger partial charge in [0, 0.05) is 18.9 Å². The summed E-state index contributed by atoms with van der Waals surface area (Å²) in [6.07, 6.45) is 4.25. The minimum absolute atomic E-state index is 0.223. The van der Waals surface area contributed by atoms with E-state index in [0.717, 1.165) is 17.4 Å². The van der Waals surface area contributed by atoms with Crippen molar-refractivity contribution in [2.24, 2.45) is 0 Å². The van der Waals surface area contributed by atoms with Crippen molar-refractivity contribution in [3.05, 3.63) is 60.0 Å². The van der Waals surface area contributed by atoms with Crippen LogP contribution in [0.5, 0.6) is 0 Å². The van der Waals surface area contributed by atoms with Gasteiger partial charge in [-0.3, -0.25) is 9.78 Å². The number of aromatic nitrogens is 2. The third-order valence-electron chi connectivity index (χ3n) is 3.01. The Morgan fingerprint density at radius 3 is 2.95 bits per heavy atom. The first-order valence-electron chi connectivity index (χ1n) is 6.36. The zero-order valence-corrected chi connectivity index (χ0v) is 10.7. The second kappa shape index (κ2) is 5.52. The molecule has 0 aliphatic heterocycles. The summed E-state index contributed by atoms with van der Waals surface area (Å²) in [5, 5.41) is 7.39. The van der Waals surface area contributed by atoms with Crippen LogP contribution in [0.2, 0.25) is 0 Å². The zero-order valence-electron chi connectivity index (χ0n) is 10.7. The van der Waals surface area contributed by atoms with Crippen LogP contribution in [-0.2, 0) is 6.42 Å². The molecule has 20 heavy (non-hydrogen) atoms. The minimum atomic E-state index is -0.223. The number of carbonyl (C=O) groups excluding carboxylic acids is 1. The Morgan fingerprint density at radius 2 is 2.10 bits per heavy atom. The van der Waals surface area contributed by atoms with Gasteiger partial charge in [0.05, 0.1) is 5.39 Å². The molecule has 3 aromatic rings. The molecule has 0 radical (unpaired) electrons. The van der Waals surface area contributed by atoms with Gasteiger partial charge in [-0.2, -0.15) is 0 Å². The summed E-state index contributed by atoms with van der Waals surface area (Å²) in [6, 6.07) is 11.2. The standard InChI is InChI=1S/C15H13N3O2/c19-15(17-9-7-11-4-3-8-16-10-11)14-12-5-1-2-6-13(12)20-18-14/h1-6,8,10H,7,9H2,(H,17,19). The summed E-state index contributed by atoms with van der Waals surface area (Å²) in [6.45, 7) is 0.533. The molecule has 0 spiro atoms. The highest BCUT2D eigenvalue weighted by Gasteiger charge is 2.14. The van der Waals surface area contributed by atoms with Gasteiger partial charge in [0.15, 0.2) is 11.3 Å². The van der Waals surface area contributed by atoms with Crippen molar-refractivity contribution in [1.29, 1.82) is 0 Å². The van der Waals surface area contributed by atoms with Gasteiger partial charge in [-0.25, -0.2) is 0 Å². The highest BCUT2D eigenvalue weighted by Crippen LogP contribution is 2.17. The van der Waals surface area contributed by atoms with Gasteiger partial charge in [-0.1, -0.05) is 23.4 Å². The lowest BCUT2D eigenvalue weighted by Crippen LogP contribution is -2.26. The number of hydrogen-bond acceptors (Lipinski definition) is 4. The Balaban J connectivity index is 1.65. The van der Waals surface area contributed by atoms with E-state index in [1.54, 1.807) is 18.5 Å². The van der Waals surface area contributed by atoms with Gasteiger partial charge in [0.25, 0.3) is 5.91 Å². The van der Waals surface area contributed by atoms with Crippen LogP contribution in [-0.4, -0.2) is 22.6 Å². The van der Waals surface area contributed by atoms with Crippen LogP contribution in [0.4, 0.5) is 0 Å². The molecule has 1 N–H and O–H groups in total. The van der Waals surface area contributed by atoms with E-state index in [9.17, 15) is 4.79 Å². The molecule has 0 saturated heterocycles. The van der Waals surface area contributed by atoms with Crippen LogP contribution in [0.15, 0.2) is 53.3 Å². The van der Waals surface area contributed by atoms with Crippen molar-refractivity contribution in [3.8, 4) is 0 Å². The lowest BCUT2D eigenvalue weighted by molar-refractivity contribution is 0.0947. The van der Waals surface area contributed by atoms with Crippen LogP contribution in [0.3, 0.4) is 0 Å². The smallest absolute Gasteiger partial charge is 0.274 e. The summed E-state index contributed by atoms with van der Waals surface area (Å²) in [7, 11) is 0. The molecule has 2 heterocycles. The summed E-state index contributed by atoms with van der Waals surface area (Å²) in [5.74, 6) is -0.223. The fraction of sp³-hybridized carbons (Fsp3) is 0.133. The molecule has 2 aromatic heterocycles. The van der Waals surface area contributed by atoms with E-state index in [4.69, 9.17) is 4.52 Å². The number of benzene rings is 1. The van der Waals surface area contributed by atoms with Gasteiger partial charge in [0.2, 0.25) is 0 Å². The van der Waals surface area contributed by atoms with Crippen molar-refractivity contribution >= 4 is 16.9 Å². The molecule has 5 nitrogen and oxygen atoms in total. The second-order valence-electron chi connectivity index (χ2n) is 4.39. The highest BCUT2D eigenvalue weighted by atomic mass is 16.5. The Morgan fingerprint density at radius 1 is 1.20 bits per heavy atom. The van der Waals surface area contributed by atoms with E-state index < -0.39 is 0 Å². The van der Waals surface area contributed by atoms with Gasteiger partial charge in [0.1, 0.15) is 0 Å². The number of pyridine rings is 1. The number of amides is 1. The molecule has 0 unspecified atom stereocenters. The Hall–Kier alpha value is -2.69. The van der Waals surface area contributed by atoms with Crippen LogP contribution < -0.4 is 5.32 Å². The molecule has 0 bridgehead atoms. The van der Waals surface area contributed by atoms with Gasteiger partial charge >= 0.3 is 0 Å². The summed E-state index contributed by atoms with van der Waals surface area (Å²) in [4.78, 5) is 16.1. The van der Waals surface area contributed by atoms with Crippen LogP contribution in [0.25, 0.3) is 11.0 Å². The first-order chi connectivity index (χ1) is 9.84. The predicted octanol–water partition coefficient (Wildman–Crippen LogP) is 2.20. The molecule has 3 rings (SSSR count). The van der Waals surface area contributed by atoms with Crippen molar-refractivity contribution in [3.63, 3.8) is 0 Å². The largest absolute Gasteiger partial charge is 0.355 e. The molecular formula is C15H13N3O2. The SMILES string of the molecule is O=C(NCCc1cccnc1)c1noc2ccccc12. The fourth-order valence-corrected chi connectivity index (χ4v) is 2.00. The Bertz CT molecular complexity index is 722. The number of fused-ring (bicyclic) bond motifs is 1. The van der Waals surface area contributed by atoms with Crippen molar-refractivity contribution in [2.75, 3.05) is 6.54 Å². The third-order valence-corrected chi connectivity index (χ3v) is 3.01. The van der Waals surface area contributed by atoms with E-state index in [2.05, 4.69) is 15.5 Å². The third kappa shape index (κ3) is 2.51. The molecule has 1 amide bonds. The quantitative estimate of drug-likeness (QED) is 0.786. The van der Waals surface area contributed by atoms with Crippen LogP contribution in [0, 0.1) is 0 Å². The maximum absolute atomic E-state index is 12.1. The molecule has 0 saturated carbocycles. The predicted molar refractivity (Wildman–Crippen MR) is 74.3 cm³/mol. The lowest BCUT2D eigenvalue weighted by atomic mass is 10.2. The monoisotopic (exact) mass is 267 g/mol. The van der Waals surface area contributed by atoms with E-state index >= 15 is 0 Å². The molecule has 1 aromatic carbocycles. The number of hydrogen-bond donors (Lipinski definition) is 1. The van der Waals surface area contributed by atoms with Crippen LogP contribution in [0.1, 0.15) is 16.1 Å². The molecule has 0 atom stereocenters. The van der Waals surface area contributed by atoms with Crippen molar-refractivity contribution < 1.29 is 9.32 Å². The molecular weight excluding hydrogens is 254 g/mol. The molecule has 5 heteroatoms. The average Bonchev–Trinajstić information content (AvgIpc) is 2.92. The maximum Gasteiger partial charge on any atom is 0.274 e. The lowest BCUT2D eigenvalue weighted by Gasteiger charge is -2.03. The van der Waals surface area contributed by atoms with Crippen molar-refractivity contribution in [2.45, 2.75) is 6.42 Å². The molecule has 0 aliphatic carbocycles. The summed E-state index contributed by atoms with van der Waals surface area (Å²) >= 11 is 0. The minimum Gasteiger partial charge on any atom is -0.355 e. The van der Waals surface area contributed by atoms with E-state index in [1.807, 2.05) is 30.3 Å². The average molecular weight is 267 g/mol. The molecule has 100 valence electrons. The first kappa shape index (κ1) is 12.3. The zero-order chi connectivity index (χ0) is 13.8. The van der Waals surface area contributed by atoms with Gasteiger partial charge < -0.3 is 9.84 Å². The summed E-state index contributed by atoms with van der Waals surface area (Å²) < 4.78 is 5.11. The Labute approximate surface area is 115 Å². The number of carbonyl (C=O) groups is 1. The van der Waals surface area contributed by atoms with Crippen LogP contribution >= 0.6 is 0 Å². The fourth-order valence-electron chi connectivity index (χ4n) is 2.00. The van der Waals surface area contributed by atoms with Gasteiger partial charge in [-0.15, -0.1) is 0 Å². The maximum atomic E-state index is 12.1. The second-order valence-corrected chi connectivity index (χ2v) is 4.39. The summed E-state index contributed by atoms with van der Waals surface area (Å²) in [5.41, 5.74) is 2.02. The first-order valence-corrected chi connectivity index (χ1v) is 6.36. The molecule has 0 aliphatic rings. The number of nitrogens with one attached hydrogen (secondary N) is 1. The van der Waals surface area contributed by atoms with E-state index in [1.165, 1.54) is 0 Å². The topological polar surface area (TPSA) is 68.0 Å². The van der Waals surface area contributed by atoms with Crippen molar-refractivity contribution in [1.82, 2.24) is 15.5 Å².